The minimum absolute atomic E-state index is 0.0753. The van der Waals surface area contributed by atoms with Crippen LogP contribution in [-0.4, -0.2) is 49.5 Å². The standard InChI is InChI=1S/C13H19NO5S/c1-13(17,9-15)8-14-12(16)11-5-3-10(4-6-11)7-20(2,18)19/h3-6,15,17H,7-9H2,1-2H3,(H,14,16). The lowest BCUT2D eigenvalue weighted by molar-refractivity contribution is 0.00320. The molecule has 0 spiro atoms. The molecule has 0 bridgehead atoms. The van der Waals surface area contributed by atoms with E-state index in [0.29, 0.717) is 11.1 Å². The van der Waals surface area contributed by atoms with Crippen molar-refractivity contribution in [3.8, 4) is 0 Å². The Morgan fingerprint density at radius 1 is 1.30 bits per heavy atom. The molecule has 0 saturated heterocycles. The van der Waals surface area contributed by atoms with E-state index < -0.39 is 28.0 Å². The van der Waals surface area contributed by atoms with Crippen LogP contribution in [0.15, 0.2) is 24.3 Å². The summed E-state index contributed by atoms with van der Waals surface area (Å²) >= 11 is 0. The van der Waals surface area contributed by atoms with Crippen LogP contribution in [0.1, 0.15) is 22.8 Å². The molecule has 1 rings (SSSR count). The molecule has 1 amide bonds. The molecule has 1 atom stereocenters. The summed E-state index contributed by atoms with van der Waals surface area (Å²) in [6.45, 7) is 0.872. The largest absolute Gasteiger partial charge is 0.393 e. The zero-order valence-electron chi connectivity index (χ0n) is 11.5. The van der Waals surface area contributed by atoms with Crippen LogP contribution in [0, 0.1) is 0 Å². The summed E-state index contributed by atoms with van der Waals surface area (Å²) in [5.41, 5.74) is -0.409. The summed E-state index contributed by atoms with van der Waals surface area (Å²) in [6.07, 6.45) is 1.14. The first-order chi connectivity index (χ1) is 9.13. The van der Waals surface area contributed by atoms with Gasteiger partial charge in [0.05, 0.1) is 12.4 Å². The van der Waals surface area contributed by atoms with Gasteiger partial charge in [-0.15, -0.1) is 0 Å². The molecule has 20 heavy (non-hydrogen) atoms. The van der Waals surface area contributed by atoms with Crippen LogP contribution in [-0.2, 0) is 15.6 Å². The first-order valence-corrected chi connectivity index (χ1v) is 8.07. The molecule has 0 fully saturated rings. The number of amides is 1. The maximum atomic E-state index is 11.8. The van der Waals surface area contributed by atoms with Crippen LogP contribution in [0.5, 0.6) is 0 Å². The van der Waals surface area contributed by atoms with Gasteiger partial charge < -0.3 is 15.5 Å². The Bertz CT molecular complexity index is 563. The van der Waals surface area contributed by atoms with Gasteiger partial charge in [-0.1, -0.05) is 12.1 Å². The van der Waals surface area contributed by atoms with Crippen LogP contribution in [0.2, 0.25) is 0 Å². The van der Waals surface area contributed by atoms with E-state index in [1.807, 2.05) is 0 Å². The van der Waals surface area contributed by atoms with E-state index in [2.05, 4.69) is 5.32 Å². The second-order valence-corrected chi connectivity index (χ2v) is 7.24. The summed E-state index contributed by atoms with van der Waals surface area (Å²) in [7, 11) is -3.10. The van der Waals surface area contributed by atoms with Crippen molar-refractivity contribution in [2.75, 3.05) is 19.4 Å². The monoisotopic (exact) mass is 301 g/mol. The second-order valence-electron chi connectivity index (χ2n) is 5.10. The fourth-order valence-corrected chi connectivity index (χ4v) is 2.28. The fraction of sp³-hybridized carbons (Fsp3) is 0.462. The third-order valence-electron chi connectivity index (χ3n) is 2.62. The number of aliphatic hydroxyl groups is 2. The van der Waals surface area contributed by atoms with Crippen molar-refractivity contribution >= 4 is 15.7 Å². The Hall–Kier alpha value is -1.44. The van der Waals surface area contributed by atoms with Crippen molar-refractivity contribution in [2.24, 2.45) is 0 Å². The summed E-state index contributed by atoms with van der Waals surface area (Å²) in [4.78, 5) is 11.8. The lowest BCUT2D eigenvalue weighted by Crippen LogP contribution is -2.43. The predicted octanol–water partition coefficient (Wildman–Crippen LogP) is -0.296. The van der Waals surface area contributed by atoms with Crippen molar-refractivity contribution in [1.82, 2.24) is 5.32 Å². The van der Waals surface area contributed by atoms with Crippen molar-refractivity contribution in [3.63, 3.8) is 0 Å². The Kier molecular flexibility index (Phi) is 5.27. The molecule has 112 valence electrons. The summed E-state index contributed by atoms with van der Waals surface area (Å²) in [5.74, 6) is -0.474. The van der Waals surface area contributed by atoms with Crippen LogP contribution < -0.4 is 5.32 Å². The maximum Gasteiger partial charge on any atom is 0.251 e. The minimum atomic E-state index is -3.10. The highest BCUT2D eigenvalue weighted by Gasteiger charge is 2.20. The average Bonchev–Trinajstić information content (AvgIpc) is 2.35. The third kappa shape index (κ3) is 5.68. The van der Waals surface area contributed by atoms with E-state index in [1.165, 1.54) is 19.1 Å². The van der Waals surface area contributed by atoms with E-state index >= 15 is 0 Å². The molecule has 0 aliphatic rings. The van der Waals surface area contributed by atoms with Crippen LogP contribution in [0.4, 0.5) is 0 Å². The molecule has 3 N–H and O–H groups in total. The predicted molar refractivity (Wildman–Crippen MR) is 75.0 cm³/mol. The molecule has 7 heteroatoms. The van der Waals surface area contributed by atoms with Gasteiger partial charge in [-0.05, 0) is 24.6 Å². The van der Waals surface area contributed by atoms with Crippen LogP contribution in [0.3, 0.4) is 0 Å². The number of benzene rings is 1. The number of hydrogen-bond acceptors (Lipinski definition) is 5. The third-order valence-corrected chi connectivity index (χ3v) is 3.47. The lowest BCUT2D eigenvalue weighted by atomic mass is 10.1. The van der Waals surface area contributed by atoms with Gasteiger partial charge in [-0.25, -0.2) is 8.42 Å². The molecule has 0 aromatic heterocycles. The zero-order valence-corrected chi connectivity index (χ0v) is 12.3. The molecule has 0 saturated carbocycles. The van der Waals surface area contributed by atoms with Gasteiger partial charge >= 0.3 is 0 Å². The van der Waals surface area contributed by atoms with Gasteiger partial charge in [-0.2, -0.15) is 0 Å². The molecular formula is C13H19NO5S. The van der Waals surface area contributed by atoms with Crippen molar-refractivity contribution in [2.45, 2.75) is 18.3 Å². The summed E-state index contributed by atoms with van der Waals surface area (Å²) in [5, 5.41) is 20.9. The van der Waals surface area contributed by atoms with Crippen molar-refractivity contribution < 1.29 is 23.4 Å². The topological polar surface area (TPSA) is 104 Å². The quantitative estimate of drug-likeness (QED) is 0.669. The smallest absolute Gasteiger partial charge is 0.251 e. The number of carbonyl (C=O) groups is 1. The molecule has 0 aliphatic heterocycles. The molecule has 0 aliphatic carbocycles. The van der Waals surface area contributed by atoms with Gasteiger partial charge in [-0.3, -0.25) is 4.79 Å². The molecule has 1 unspecified atom stereocenters. The lowest BCUT2D eigenvalue weighted by Gasteiger charge is -2.20. The van der Waals surface area contributed by atoms with Crippen LogP contribution in [0.25, 0.3) is 0 Å². The molecule has 0 radical (unpaired) electrons. The number of sulfone groups is 1. The molecule has 0 heterocycles. The van der Waals surface area contributed by atoms with Gasteiger partial charge in [0.15, 0.2) is 9.84 Å². The highest BCUT2D eigenvalue weighted by Crippen LogP contribution is 2.08. The van der Waals surface area contributed by atoms with Gasteiger partial charge in [0, 0.05) is 18.4 Å². The van der Waals surface area contributed by atoms with Crippen molar-refractivity contribution in [3.05, 3.63) is 35.4 Å². The second kappa shape index (κ2) is 6.34. The van der Waals surface area contributed by atoms with Gasteiger partial charge in [0.25, 0.3) is 5.91 Å². The molecule has 6 nitrogen and oxygen atoms in total. The molecule has 1 aromatic carbocycles. The first-order valence-electron chi connectivity index (χ1n) is 6.01. The van der Waals surface area contributed by atoms with Gasteiger partial charge in [0.2, 0.25) is 0 Å². The normalized spacial score (nSPS) is 14.6. The van der Waals surface area contributed by atoms with E-state index in [1.54, 1.807) is 12.1 Å². The fourth-order valence-electron chi connectivity index (χ4n) is 1.48. The highest BCUT2D eigenvalue weighted by atomic mass is 32.2. The Morgan fingerprint density at radius 3 is 2.30 bits per heavy atom. The maximum absolute atomic E-state index is 11.8. The number of carbonyl (C=O) groups excluding carboxylic acids is 1. The van der Waals surface area contributed by atoms with Crippen molar-refractivity contribution in [1.29, 1.82) is 0 Å². The number of nitrogens with one attached hydrogen (secondary N) is 1. The minimum Gasteiger partial charge on any atom is -0.393 e. The summed E-state index contributed by atoms with van der Waals surface area (Å²) < 4.78 is 22.3. The molecule has 1 aromatic rings. The van der Waals surface area contributed by atoms with E-state index in [4.69, 9.17) is 5.11 Å². The van der Waals surface area contributed by atoms with Gasteiger partial charge in [0.1, 0.15) is 5.60 Å². The number of hydrogen-bond donors (Lipinski definition) is 3. The number of aliphatic hydroxyl groups excluding tert-OH is 1. The Balaban J connectivity index is 2.67. The number of rotatable bonds is 6. The average molecular weight is 301 g/mol. The SMILES string of the molecule is CC(O)(CO)CNC(=O)c1ccc(CS(C)(=O)=O)cc1. The Morgan fingerprint density at radius 2 is 1.85 bits per heavy atom. The highest BCUT2D eigenvalue weighted by molar-refractivity contribution is 7.89. The molecular weight excluding hydrogens is 282 g/mol. The zero-order chi connectivity index (χ0) is 15.4. The summed E-state index contributed by atoms with van der Waals surface area (Å²) in [6, 6.07) is 6.17. The van der Waals surface area contributed by atoms with E-state index in [-0.39, 0.29) is 12.3 Å². The first kappa shape index (κ1) is 16.6. The van der Waals surface area contributed by atoms with Crippen LogP contribution >= 0.6 is 0 Å². The Labute approximate surface area is 118 Å². The van der Waals surface area contributed by atoms with E-state index in [0.717, 1.165) is 6.26 Å². The van der Waals surface area contributed by atoms with E-state index in [9.17, 15) is 18.3 Å².